The molecule has 64 valence electrons. The van der Waals surface area contributed by atoms with Crippen molar-refractivity contribution in [1.82, 2.24) is 0 Å². The molecule has 0 amide bonds. The first-order valence-corrected chi connectivity index (χ1v) is 4.47. The van der Waals surface area contributed by atoms with E-state index in [9.17, 15) is 0 Å². The molecule has 0 aliphatic heterocycles. The SMILES string of the molecule is CCC(CC)CC(C)(C)C#N. The topological polar surface area (TPSA) is 23.8 Å². The largest absolute Gasteiger partial charge is 0.198 e. The van der Waals surface area contributed by atoms with E-state index >= 15 is 0 Å². The van der Waals surface area contributed by atoms with E-state index in [4.69, 9.17) is 5.26 Å². The number of hydrogen-bond donors (Lipinski definition) is 0. The van der Waals surface area contributed by atoms with Gasteiger partial charge in [0.2, 0.25) is 0 Å². The average Bonchev–Trinajstić information content (AvgIpc) is 2.00. The highest BCUT2D eigenvalue weighted by Crippen LogP contribution is 2.27. The van der Waals surface area contributed by atoms with Gasteiger partial charge in [0.1, 0.15) is 0 Å². The first-order valence-electron chi connectivity index (χ1n) is 4.47. The second-order valence-electron chi connectivity index (χ2n) is 3.88. The maximum absolute atomic E-state index is 8.78. The van der Waals surface area contributed by atoms with Crippen LogP contribution in [0.1, 0.15) is 47.0 Å². The van der Waals surface area contributed by atoms with Gasteiger partial charge < -0.3 is 0 Å². The Hall–Kier alpha value is -0.510. The molecule has 0 aromatic rings. The monoisotopic (exact) mass is 153 g/mol. The van der Waals surface area contributed by atoms with Gasteiger partial charge in [0.15, 0.2) is 0 Å². The zero-order chi connectivity index (χ0) is 8.91. The molecule has 0 heterocycles. The molecule has 1 heteroatoms. The van der Waals surface area contributed by atoms with Crippen molar-refractivity contribution in [2.45, 2.75) is 47.0 Å². The summed E-state index contributed by atoms with van der Waals surface area (Å²) in [5, 5.41) is 8.78. The lowest BCUT2D eigenvalue weighted by atomic mass is 9.82. The summed E-state index contributed by atoms with van der Waals surface area (Å²) >= 11 is 0. The Bertz CT molecular complexity index is 137. The maximum atomic E-state index is 8.78. The summed E-state index contributed by atoms with van der Waals surface area (Å²) in [6, 6.07) is 2.34. The Morgan fingerprint density at radius 1 is 1.27 bits per heavy atom. The third-order valence-electron chi connectivity index (χ3n) is 2.26. The van der Waals surface area contributed by atoms with E-state index in [1.54, 1.807) is 0 Å². The van der Waals surface area contributed by atoms with E-state index in [0.717, 1.165) is 12.3 Å². The first kappa shape index (κ1) is 10.5. The second kappa shape index (κ2) is 4.38. The standard InChI is InChI=1S/C10H19N/c1-5-9(6-2)7-10(3,4)8-11/h9H,5-7H2,1-4H3. The summed E-state index contributed by atoms with van der Waals surface area (Å²) in [6.45, 7) is 8.43. The van der Waals surface area contributed by atoms with Gasteiger partial charge >= 0.3 is 0 Å². The summed E-state index contributed by atoms with van der Waals surface area (Å²) in [5.74, 6) is 0.727. The third-order valence-corrected chi connectivity index (χ3v) is 2.26. The Morgan fingerprint density at radius 3 is 2.00 bits per heavy atom. The van der Waals surface area contributed by atoms with E-state index in [-0.39, 0.29) is 5.41 Å². The lowest BCUT2D eigenvalue weighted by Crippen LogP contribution is -2.13. The zero-order valence-electron chi connectivity index (χ0n) is 8.15. The summed E-state index contributed by atoms with van der Waals surface area (Å²) in [5.41, 5.74) is -0.128. The van der Waals surface area contributed by atoms with Crippen LogP contribution in [-0.2, 0) is 0 Å². The van der Waals surface area contributed by atoms with Crippen LogP contribution in [0.3, 0.4) is 0 Å². The maximum Gasteiger partial charge on any atom is 0.0684 e. The minimum absolute atomic E-state index is 0.128. The Morgan fingerprint density at radius 2 is 1.73 bits per heavy atom. The molecule has 0 N–H and O–H groups in total. The fourth-order valence-electron chi connectivity index (χ4n) is 1.34. The highest BCUT2D eigenvalue weighted by atomic mass is 14.3. The van der Waals surface area contributed by atoms with Crippen LogP contribution in [-0.4, -0.2) is 0 Å². The van der Waals surface area contributed by atoms with Crippen LogP contribution in [0.4, 0.5) is 0 Å². The van der Waals surface area contributed by atoms with Crippen LogP contribution in [0, 0.1) is 22.7 Å². The molecular formula is C10H19N. The van der Waals surface area contributed by atoms with Gasteiger partial charge in [0.25, 0.3) is 0 Å². The van der Waals surface area contributed by atoms with Crippen molar-refractivity contribution < 1.29 is 0 Å². The van der Waals surface area contributed by atoms with Crippen molar-refractivity contribution in [2.75, 3.05) is 0 Å². The molecule has 0 aromatic carbocycles. The highest BCUT2D eigenvalue weighted by Gasteiger charge is 2.20. The van der Waals surface area contributed by atoms with Crippen LogP contribution in [0.5, 0.6) is 0 Å². The Balaban J connectivity index is 3.92. The van der Waals surface area contributed by atoms with E-state index in [2.05, 4.69) is 19.9 Å². The number of rotatable bonds is 4. The molecule has 11 heavy (non-hydrogen) atoms. The predicted octanol–water partition coefficient (Wildman–Crippen LogP) is 3.36. The highest BCUT2D eigenvalue weighted by molar-refractivity contribution is 4.92. The smallest absolute Gasteiger partial charge is 0.0684 e. The van der Waals surface area contributed by atoms with Crippen molar-refractivity contribution in [2.24, 2.45) is 11.3 Å². The molecule has 0 aliphatic carbocycles. The normalized spacial score (nSPS) is 11.6. The second-order valence-corrected chi connectivity index (χ2v) is 3.88. The van der Waals surface area contributed by atoms with Gasteiger partial charge in [-0.3, -0.25) is 0 Å². The minimum atomic E-state index is -0.128. The van der Waals surface area contributed by atoms with Gasteiger partial charge in [0, 0.05) is 0 Å². The molecule has 0 saturated carbocycles. The van der Waals surface area contributed by atoms with Crippen LogP contribution in [0.25, 0.3) is 0 Å². The molecule has 0 aromatic heterocycles. The number of nitriles is 1. The van der Waals surface area contributed by atoms with E-state index in [0.29, 0.717) is 0 Å². The van der Waals surface area contributed by atoms with Gasteiger partial charge in [-0.1, -0.05) is 26.7 Å². The molecule has 1 nitrogen and oxygen atoms in total. The molecule has 0 unspecified atom stereocenters. The van der Waals surface area contributed by atoms with Crippen molar-refractivity contribution in [3.63, 3.8) is 0 Å². The third kappa shape index (κ3) is 4.03. The molecule has 0 fully saturated rings. The van der Waals surface area contributed by atoms with Crippen molar-refractivity contribution in [3.05, 3.63) is 0 Å². The molecule has 0 atom stereocenters. The molecule has 0 rings (SSSR count). The van der Waals surface area contributed by atoms with Crippen LogP contribution < -0.4 is 0 Å². The average molecular weight is 153 g/mol. The first-order chi connectivity index (χ1) is 5.05. The minimum Gasteiger partial charge on any atom is -0.198 e. The molecule has 0 bridgehead atoms. The van der Waals surface area contributed by atoms with E-state index in [1.165, 1.54) is 12.8 Å². The lowest BCUT2D eigenvalue weighted by Gasteiger charge is -2.21. The van der Waals surface area contributed by atoms with Gasteiger partial charge in [0.05, 0.1) is 11.5 Å². The van der Waals surface area contributed by atoms with Gasteiger partial charge in [-0.25, -0.2) is 0 Å². The molecule has 0 saturated heterocycles. The molecule has 0 spiro atoms. The fourth-order valence-corrected chi connectivity index (χ4v) is 1.34. The quantitative estimate of drug-likeness (QED) is 0.607. The van der Waals surface area contributed by atoms with Gasteiger partial charge in [-0.05, 0) is 26.2 Å². The van der Waals surface area contributed by atoms with Gasteiger partial charge in [-0.2, -0.15) is 5.26 Å². The molecular weight excluding hydrogens is 134 g/mol. The van der Waals surface area contributed by atoms with Crippen LogP contribution >= 0.6 is 0 Å². The van der Waals surface area contributed by atoms with Gasteiger partial charge in [-0.15, -0.1) is 0 Å². The zero-order valence-corrected chi connectivity index (χ0v) is 8.15. The lowest BCUT2D eigenvalue weighted by molar-refractivity contribution is 0.325. The van der Waals surface area contributed by atoms with Crippen LogP contribution in [0.2, 0.25) is 0 Å². The molecule has 0 radical (unpaired) electrons. The number of hydrogen-bond acceptors (Lipinski definition) is 1. The number of nitrogens with zero attached hydrogens (tertiary/aromatic N) is 1. The van der Waals surface area contributed by atoms with Crippen molar-refractivity contribution >= 4 is 0 Å². The summed E-state index contributed by atoms with van der Waals surface area (Å²) in [7, 11) is 0. The van der Waals surface area contributed by atoms with Crippen molar-refractivity contribution in [1.29, 1.82) is 5.26 Å². The predicted molar refractivity (Wildman–Crippen MR) is 48.1 cm³/mol. The van der Waals surface area contributed by atoms with E-state index < -0.39 is 0 Å². The fraction of sp³-hybridized carbons (Fsp3) is 0.900. The summed E-state index contributed by atoms with van der Waals surface area (Å²) < 4.78 is 0. The Labute approximate surface area is 70.4 Å². The summed E-state index contributed by atoms with van der Waals surface area (Å²) in [6.07, 6.45) is 3.43. The Kier molecular flexibility index (Phi) is 4.18. The van der Waals surface area contributed by atoms with Crippen molar-refractivity contribution in [3.8, 4) is 6.07 Å². The summed E-state index contributed by atoms with van der Waals surface area (Å²) in [4.78, 5) is 0. The van der Waals surface area contributed by atoms with Crippen LogP contribution in [0.15, 0.2) is 0 Å². The van der Waals surface area contributed by atoms with E-state index in [1.807, 2.05) is 13.8 Å². The molecule has 0 aliphatic rings.